The lowest BCUT2D eigenvalue weighted by molar-refractivity contribution is 0.144. The zero-order chi connectivity index (χ0) is 14.9. The third-order valence-electron chi connectivity index (χ3n) is 4.38. The van der Waals surface area contributed by atoms with Gasteiger partial charge in [0, 0.05) is 25.2 Å². The number of hydrogen-bond donors (Lipinski definition) is 1. The molecule has 0 saturated carbocycles. The molecular weight excluding hydrogens is 260 g/mol. The lowest BCUT2D eigenvalue weighted by atomic mass is 9.96. The highest BCUT2D eigenvalue weighted by atomic mass is 16.5. The van der Waals surface area contributed by atoms with Gasteiger partial charge in [0.25, 0.3) is 0 Å². The van der Waals surface area contributed by atoms with Crippen LogP contribution in [0.2, 0.25) is 0 Å². The van der Waals surface area contributed by atoms with Gasteiger partial charge < -0.3 is 10.1 Å². The highest BCUT2D eigenvalue weighted by molar-refractivity contribution is 5.33. The first-order valence-electron chi connectivity index (χ1n) is 8.47. The molecule has 1 N–H and O–H groups in total. The quantitative estimate of drug-likeness (QED) is 0.795. The van der Waals surface area contributed by atoms with E-state index in [0.717, 1.165) is 37.9 Å². The van der Waals surface area contributed by atoms with Gasteiger partial charge >= 0.3 is 0 Å². The van der Waals surface area contributed by atoms with E-state index in [4.69, 9.17) is 4.74 Å². The normalized spacial score (nSPS) is 19.6. The van der Waals surface area contributed by atoms with Gasteiger partial charge in [-0.2, -0.15) is 0 Å². The number of likely N-dealkylation sites (tertiary alicyclic amines) is 1. The zero-order valence-electron chi connectivity index (χ0n) is 13.6. The van der Waals surface area contributed by atoms with Crippen molar-refractivity contribution >= 4 is 0 Å². The minimum atomic E-state index is 0.791. The van der Waals surface area contributed by atoms with Gasteiger partial charge in [0.2, 0.25) is 0 Å². The van der Waals surface area contributed by atoms with Crippen molar-refractivity contribution in [3.8, 4) is 5.75 Å². The Morgan fingerprint density at radius 1 is 1.29 bits per heavy atom. The highest BCUT2D eigenvalue weighted by Crippen LogP contribution is 2.20. The van der Waals surface area contributed by atoms with E-state index in [2.05, 4.69) is 48.3 Å². The number of hydrogen-bond acceptors (Lipinski definition) is 3. The standard InChI is InChI=1S/C18H30N2O/c1-3-16-8-7-11-20(15-16)12-13-21-18-10-6-5-9-17(18)14-19-4-2/h5-6,9-10,16,19H,3-4,7-8,11-15H2,1-2H3. The van der Waals surface area contributed by atoms with E-state index in [0.29, 0.717) is 0 Å². The molecule has 1 atom stereocenters. The van der Waals surface area contributed by atoms with Gasteiger partial charge in [-0.1, -0.05) is 38.5 Å². The van der Waals surface area contributed by atoms with Gasteiger partial charge in [-0.15, -0.1) is 0 Å². The first-order valence-corrected chi connectivity index (χ1v) is 8.47. The summed E-state index contributed by atoms with van der Waals surface area (Å²) in [5, 5.41) is 3.37. The molecule has 118 valence electrons. The lowest BCUT2D eigenvalue weighted by Crippen LogP contribution is -2.37. The smallest absolute Gasteiger partial charge is 0.123 e. The van der Waals surface area contributed by atoms with Crippen molar-refractivity contribution < 1.29 is 4.74 Å². The monoisotopic (exact) mass is 290 g/mol. The molecule has 1 aliphatic heterocycles. The fraction of sp³-hybridized carbons (Fsp3) is 0.667. The van der Waals surface area contributed by atoms with Crippen LogP contribution in [0.1, 0.15) is 38.7 Å². The SMILES string of the molecule is CCNCc1ccccc1OCCN1CCCC(CC)C1. The number of rotatable bonds is 8. The Balaban J connectivity index is 1.77. The van der Waals surface area contributed by atoms with Crippen LogP contribution in [-0.2, 0) is 6.54 Å². The molecule has 0 spiro atoms. The molecule has 3 heteroatoms. The topological polar surface area (TPSA) is 24.5 Å². The molecule has 0 bridgehead atoms. The zero-order valence-corrected chi connectivity index (χ0v) is 13.6. The maximum atomic E-state index is 6.02. The van der Waals surface area contributed by atoms with Gasteiger partial charge in [0.1, 0.15) is 12.4 Å². The number of nitrogens with one attached hydrogen (secondary N) is 1. The first kappa shape index (κ1) is 16.3. The van der Waals surface area contributed by atoms with Crippen LogP contribution in [0, 0.1) is 5.92 Å². The summed E-state index contributed by atoms with van der Waals surface area (Å²) in [5.41, 5.74) is 1.25. The molecule has 1 fully saturated rings. The lowest BCUT2D eigenvalue weighted by Gasteiger charge is -2.32. The van der Waals surface area contributed by atoms with E-state index in [1.54, 1.807) is 0 Å². The van der Waals surface area contributed by atoms with Gasteiger partial charge in [0.05, 0.1) is 0 Å². The van der Waals surface area contributed by atoms with Gasteiger partial charge in [-0.3, -0.25) is 4.90 Å². The number of nitrogens with zero attached hydrogens (tertiary/aromatic N) is 1. The van der Waals surface area contributed by atoms with Gasteiger partial charge in [0.15, 0.2) is 0 Å². The van der Waals surface area contributed by atoms with Crippen molar-refractivity contribution in [3.63, 3.8) is 0 Å². The second-order valence-corrected chi connectivity index (χ2v) is 5.95. The average molecular weight is 290 g/mol. The Kier molecular flexibility index (Phi) is 7.04. The van der Waals surface area contributed by atoms with E-state index in [-0.39, 0.29) is 0 Å². The fourth-order valence-electron chi connectivity index (χ4n) is 3.02. The Labute approximate surface area is 129 Å². The summed E-state index contributed by atoms with van der Waals surface area (Å²) in [6, 6.07) is 8.36. The minimum Gasteiger partial charge on any atom is -0.492 e. The van der Waals surface area contributed by atoms with Crippen molar-refractivity contribution in [1.29, 1.82) is 0 Å². The largest absolute Gasteiger partial charge is 0.492 e. The predicted molar refractivity (Wildman–Crippen MR) is 88.8 cm³/mol. The predicted octanol–water partition coefficient (Wildman–Crippen LogP) is 3.30. The first-order chi connectivity index (χ1) is 10.3. The van der Waals surface area contributed by atoms with Crippen molar-refractivity contribution in [2.45, 2.75) is 39.7 Å². The molecule has 1 heterocycles. The van der Waals surface area contributed by atoms with Crippen molar-refractivity contribution in [2.24, 2.45) is 5.92 Å². The van der Waals surface area contributed by atoms with Crippen LogP contribution in [0.15, 0.2) is 24.3 Å². The van der Waals surface area contributed by atoms with Crippen LogP contribution >= 0.6 is 0 Å². The Morgan fingerprint density at radius 3 is 2.95 bits per heavy atom. The summed E-state index contributed by atoms with van der Waals surface area (Å²) < 4.78 is 6.02. The fourth-order valence-corrected chi connectivity index (χ4v) is 3.02. The maximum absolute atomic E-state index is 6.02. The Morgan fingerprint density at radius 2 is 2.14 bits per heavy atom. The van der Waals surface area contributed by atoms with Crippen LogP contribution in [-0.4, -0.2) is 37.7 Å². The number of ether oxygens (including phenoxy) is 1. The summed E-state index contributed by atoms with van der Waals surface area (Å²) in [5.74, 6) is 1.92. The third kappa shape index (κ3) is 5.33. The van der Waals surface area contributed by atoms with E-state index in [1.807, 2.05) is 0 Å². The molecule has 0 aromatic heterocycles. The van der Waals surface area contributed by atoms with E-state index in [1.165, 1.54) is 37.9 Å². The maximum Gasteiger partial charge on any atom is 0.123 e. The summed E-state index contributed by atoms with van der Waals surface area (Å²) in [7, 11) is 0. The van der Waals surface area contributed by atoms with Crippen LogP contribution in [0.25, 0.3) is 0 Å². The molecule has 21 heavy (non-hydrogen) atoms. The molecule has 1 aromatic carbocycles. The molecule has 3 nitrogen and oxygen atoms in total. The third-order valence-corrected chi connectivity index (χ3v) is 4.38. The Hall–Kier alpha value is -1.06. The van der Waals surface area contributed by atoms with E-state index >= 15 is 0 Å². The number of benzene rings is 1. The van der Waals surface area contributed by atoms with E-state index in [9.17, 15) is 0 Å². The van der Waals surface area contributed by atoms with Crippen molar-refractivity contribution in [2.75, 3.05) is 32.8 Å². The van der Waals surface area contributed by atoms with Gasteiger partial charge in [-0.25, -0.2) is 0 Å². The average Bonchev–Trinajstić information content (AvgIpc) is 2.54. The van der Waals surface area contributed by atoms with Crippen molar-refractivity contribution in [3.05, 3.63) is 29.8 Å². The summed E-state index contributed by atoms with van der Waals surface area (Å²) >= 11 is 0. The van der Waals surface area contributed by atoms with Crippen molar-refractivity contribution in [1.82, 2.24) is 10.2 Å². The van der Waals surface area contributed by atoms with Crippen LogP contribution in [0.4, 0.5) is 0 Å². The number of piperidine rings is 1. The molecule has 1 aliphatic rings. The minimum absolute atomic E-state index is 0.791. The van der Waals surface area contributed by atoms with Crippen LogP contribution in [0.5, 0.6) is 5.75 Å². The van der Waals surface area contributed by atoms with E-state index < -0.39 is 0 Å². The molecule has 0 radical (unpaired) electrons. The molecule has 0 aliphatic carbocycles. The number of para-hydroxylation sites is 1. The summed E-state index contributed by atoms with van der Waals surface area (Å²) in [4.78, 5) is 2.56. The van der Waals surface area contributed by atoms with Crippen LogP contribution in [0.3, 0.4) is 0 Å². The van der Waals surface area contributed by atoms with Crippen LogP contribution < -0.4 is 10.1 Å². The Bertz CT molecular complexity index is 408. The molecule has 1 saturated heterocycles. The molecule has 1 aromatic rings. The second-order valence-electron chi connectivity index (χ2n) is 5.95. The van der Waals surface area contributed by atoms with Gasteiger partial charge in [-0.05, 0) is 37.9 Å². The molecule has 0 amide bonds. The summed E-state index contributed by atoms with van der Waals surface area (Å²) in [6.45, 7) is 10.6. The summed E-state index contributed by atoms with van der Waals surface area (Å²) in [6.07, 6.45) is 4.05. The second kappa shape index (κ2) is 9.06. The highest BCUT2D eigenvalue weighted by Gasteiger charge is 2.18. The molecule has 2 rings (SSSR count). The molecular formula is C18H30N2O. The molecule has 1 unspecified atom stereocenters.